The van der Waals surface area contributed by atoms with E-state index in [2.05, 4.69) is 11.4 Å². The van der Waals surface area contributed by atoms with Gasteiger partial charge in [-0.05, 0) is 49.1 Å². The molecule has 1 aromatic heterocycles. The number of nitrogens with one attached hydrogen (secondary N) is 1. The van der Waals surface area contributed by atoms with Crippen LogP contribution in [-0.4, -0.2) is 47.1 Å². The summed E-state index contributed by atoms with van der Waals surface area (Å²) in [5.41, 5.74) is 0.219. The summed E-state index contributed by atoms with van der Waals surface area (Å²) >= 11 is 1.52. The number of hydrogen-bond acceptors (Lipinski definition) is 4. The predicted octanol–water partition coefficient (Wildman–Crippen LogP) is 3.88. The van der Waals surface area contributed by atoms with Gasteiger partial charge in [0.15, 0.2) is 0 Å². The molecule has 0 spiro atoms. The minimum atomic E-state index is -0.829. The van der Waals surface area contributed by atoms with Gasteiger partial charge in [-0.15, -0.1) is 11.3 Å². The van der Waals surface area contributed by atoms with Gasteiger partial charge in [0.25, 0.3) is 5.91 Å². The fourth-order valence-electron chi connectivity index (χ4n) is 4.98. The summed E-state index contributed by atoms with van der Waals surface area (Å²) in [4.78, 5) is 28.3. The van der Waals surface area contributed by atoms with Crippen LogP contribution >= 0.6 is 11.3 Å². The second kappa shape index (κ2) is 8.44. The van der Waals surface area contributed by atoms with Crippen LogP contribution in [0.3, 0.4) is 0 Å². The van der Waals surface area contributed by atoms with Gasteiger partial charge < -0.3 is 15.3 Å². The van der Waals surface area contributed by atoms with E-state index in [1.165, 1.54) is 11.3 Å². The molecule has 1 atom stereocenters. The van der Waals surface area contributed by atoms with Gasteiger partial charge in [0.05, 0.1) is 16.9 Å². The Labute approximate surface area is 176 Å². The molecular weight excluding hydrogens is 384 g/mol. The molecule has 0 radical (unpaired) electrons. The highest BCUT2D eigenvalue weighted by Crippen LogP contribution is 2.36. The number of aliphatic hydroxyl groups is 1. The first kappa shape index (κ1) is 20.4. The maximum absolute atomic E-state index is 13.1. The average Bonchev–Trinajstić information content (AvgIpc) is 3.33. The highest BCUT2D eigenvalue weighted by molar-refractivity contribution is 7.21. The molecule has 2 heterocycles. The lowest BCUT2D eigenvalue weighted by molar-refractivity contribution is -0.138. The molecule has 2 fully saturated rings. The summed E-state index contributed by atoms with van der Waals surface area (Å²) in [5.74, 6) is 0.00604. The molecule has 0 bridgehead atoms. The number of benzene rings is 1. The van der Waals surface area contributed by atoms with Crippen molar-refractivity contribution >= 4 is 33.2 Å². The highest BCUT2D eigenvalue weighted by Gasteiger charge is 2.37. The summed E-state index contributed by atoms with van der Waals surface area (Å²) in [7, 11) is 1.66. The van der Waals surface area contributed by atoms with Gasteiger partial charge in [-0.25, -0.2) is 0 Å². The van der Waals surface area contributed by atoms with Crippen LogP contribution in [0.25, 0.3) is 10.1 Å². The second-order valence-corrected chi connectivity index (χ2v) is 9.59. The van der Waals surface area contributed by atoms with Gasteiger partial charge in [-0.3, -0.25) is 9.59 Å². The van der Waals surface area contributed by atoms with Crippen molar-refractivity contribution in [3.05, 3.63) is 34.7 Å². The molecule has 1 aliphatic carbocycles. The third kappa shape index (κ3) is 4.19. The fourth-order valence-corrected chi connectivity index (χ4v) is 6.16. The van der Waals surface area contributed by atoms with Crippen molar-refractivity contribution in [2.45, 2.75) is 69.4 Å². The molecule has 1 aromatic carbocycles. The first-order valence-electron chi connectivity index (χ1n) is 10.7. The second-order valence-electron chi connectivity index (χ2n) is 8.53. The highest BCUT2D eigenvalue weighted by atomic mass is 32.1. The van der Waals surface area contributed by atoms with E-state index in [0.717, 1.165) is 72.0 Å². The van der Waals surface area contributed by atoms with Crippen LogP contribution in [0.15, 0.2) is 24.3 Å². The Hall–Kier alpha value is -1.92. The normalized spacial score (nSPS) is 21.4. The zero-order valence-corrected chi connectivity index (χ0v) is 17.9. The first-order chi connectivity index (χ1) is 14.0. The number of thiophene rings is 1. The van der Waals surface area contributed by atoms with E-state index in [-0.39, 0.29) is 24.3 Å². The van der Waals surface area contributed by atoms with Crippen molar-refractivity contribution in [3.63, 3.8) is 0 Å². The number of hydrogen-bond donors (Lipinski definition) is 2. The van der Waals surface area contributed by atoms with Gasteiger partial charge in [-0.2, -0.15) is 0 Å². The summed E-state index contributed by atoms with van der Waals surface area (Å²) in [6, 6.07) is 8.21. The Balaban J connectivity index is 1.56. The lowest BCUT2D eigenvalue weighted by Crippen LogP contribution is -2.43. The molecule has 5 nitrogen and oxygen atoms in total. The fraction of sp³-hybridized carbons (Fsp3) is 0.565. The third-order valence-corrected chi connectivity index (χ3v) is 7.75. The van der Waals surface area contributed by atoms with Crippen LogP contribution in [0.5, 0.6) is 0 Å². The van der Waals surface area contributed by atoms with Crippen molar-refractivity contribution in [2.75, 3.05) is 13.6 Å². The van der Waals surface area contributed by atoms with Gasteiger partial charge in [0.2, 0.25) is 5.91 Å². The Morgan fingerprint density at radius 2 is 1.97 bits per heavy atom. The minimum absolute atomic E-state index is 0.0615. The van der Waals surface area contributed by atoms with Crippen molar-refractivity contribution < 1.29 is 14.7 Å². The summed E-state index contributed by atoms with van der Waals surface area (Å²) in [5, 5.41) is 14.7. The average molecular weight is 415 g/mol. The molecule has 1 saturated heterocycles. The van der Waals surface area contributed by atoms with Crippen LogP contribution < -0.4 is 5.32 Å². The van der Waals surface area contributed by atoms with Crippen LogP contribution in [0.2, 0.25) is 0 Å². The van der Waals surface area contributed by atoms with E-state index >= 15 is 0 Å². The Morgan fingerprint density at radius 3 is 2.72 bits per heavy atom. The summed E-state index contributed by atoms with van der Waals surface area (Å²) in [6.45, 7) is 0.747. The Bertz CT molecular complexity index is 901. The van der Waals surface area contributed by atoms with Gasteiger partial charge in [0.1, 0.15) is 0 Å². The van der Waals surface area contributed by atoms with E-state index in [9.17, 15) is 14.7 Å². The van der Waals surface area contributed by atoms with Crippen molar-refractivity contribution in [1.29, 1.82) is 0 Å². The molecule has 29 heavy (non-hydrogen) atoms. The quantitative estimate of drug-likeness (QED) is 0.780. The van der Waals surface area contributed by atoms with Crippen molar-refractivity contribution in [2.24, 2.45) is 0 Å². The topological polar surface area (TPSA) is 69.6 Å². The first-order valence-corrected chi connectivity index (χ1v) is 11.6. The van der Waals surface area contributed by atoms with E-state index in [4.69, 9.17) is 0 Å². The number of carbonyl (C=O) groups is 2. The smallest absolute Gasteiger partial charge is 0.261 e. The molecule has 6 heteroatoms. The number of rotatable bonds is 5. The molecule has 1 unspecified atom stereocenters. The zero-order valence-electron chi connectivity index (χ0n) is 17.1. The van der Waals surface area contributed by atoms with Crippen molar-refractivity contribution in [1.82, 2.24) is 10.2 Å². The van der Waals surface area contributed by atoms with Gasteiger partial charge >= 0.3 is 0 Å². The molecule has 156 valence electrons. The number of nitrogens with zero attached hydrogens (tertiary/aromatic N) is 1. The molecule has 2 aromatic rings. The standard InChI is InChI=1S/C23H30N2O3S/c1-24-22(27)21-18(17-9-3-4-10-19(17)29-21)14-16-8-7-13-25(16)20(26)15-23(28)11-5-2-6-12-23/h3-4,9-10,16,28H,2,5-8,11-15H2,1H3,(H,24,27). The molecule has 2 N–H and O–H groups in total. The third-order valence-electron chi connectivity index (χ3n) is 6.53. The summed E-state index contributed by atoms with van der Waals surface area (Å²) < 4.78 is 1.11. The van der Waals surface area contributed by atoms with Gasteiger partial charge in [0, 0.05) is 24.3 Å². The SMILES string of the molecule is CNC(=O)c1sc2ccccc2c1CC1CCCN1C(=O)CC1(O)CCCCC1. The molecule has 4 rings (SSSR count). The van der Waals surface area contributed by atoms with E-state index in [1.54, 1.807) is 7.05 Å². The Morgan fingerprint density at radius 1 is 1.21 bits per heavy atom. The Kier molecular flexibility index (Phi) is 5.93. The van der Waals surface area contributed by atoms with Gasteiger partial charge in [-0.1, -0.05) is 37.5 Å². The monoisotopic (exact) mass is 414 g/mol. The molecule has 2 amide bonds. The molecular formula is C23H30N2O3S. The van der Waals surface area contributed by atoms with Crippen LogP contribution in [0.1, 0.15) is 66.6 Å². The van der Waals surface area contributed by atoms with E-state index in [0.29, 0.717) is 6.42 Å². The molecule has 1 saturated carbocycles. The summed E-state index contributed by atoms with van der Waals surface area (Å²) in [6.07, 6.45) is 7.46. The largest absolute Gasteiger partial charge is 0.389 e. The van der Waals surface area contributed by atoms with Crippen LogP contribution in [0.4, 0.5) is 0 Å². The van der Waals surface area contributed by atoms with Crippen LogP contribution in [0, 0.1) is 0 Å². The number of carbonyl (C=O) groups excluding carboxylic acids is 2. The number of likely N-dealkylation sites (tertiary alicyclic amines) is 1. The maximum Gasteiger partial charge on any atom is 0.261 e. The number of fused-ring (bicyclic) bond motifs is 1. The van der Waals surface area contributed by atoms with E-state index < -0.39 is 5.60 Å². The zero-order chi connectivity index (χ0) is 20.4. The van der Waals surface area contributed by atoms with Crippen molar-refractivity contribution in [3.8, 4) is 0 Å². The maximum atomic E-state index is 13.1. The number of amides is 2. The minimum Gasteiger partial charge on any atom is -0.389 e. The molecule has 1 aliphatic heterocycles. The van der Waals surface area contributed by atoms with E-state index in [1.807, 2.05) is 23.1 Å². The lowest BCUT2D eigenvalue weighted by atomic mass is 9.82. The predicted molar refractivity (Wildman–Crippen MR) is 116 cm³/mol. The lowest BCUT2D eigenvalue weighted by Gasteiger charge is -2.34. The molecule has 2 aliphatic rings. The van der Waals surface area contributed by atoms with Crippen LogP contribution in [-0.2, 0) is 11.2 Å².